The number of fused-ring (bicyclic) bond motifs is 1. The molecule has 0 aromatic heterocycles. The molecule has 0 atom stereocenters. The fourth-order valence-corrected chi connectivity index (χ4v) is 3.94. The lowest BCUT2D eigenvalue weighted by Gasteiger charge is -2.14. The van der Waals surface area contributed by atoms with Crippen LogP contribution in [0, 0.1) is 4.91 Å². The Morgan fingerprint density at radius 2 is 2.04 bits per heavy atom. The lowest BCUT2D eigenvalue weighted by molar-refractivity contribution is -0.122. The molecule has 1 amide bonds. The molecule has 0 radical (unpaired) electrons. The smallest absolute Gasteiger partial charge is 0.266 e. The second kappa shape index (κ2) is 6.89. The minimum Gasteiger partial charge on any atom is -0.454 e. The van der Waals surface area contributed by atoms with E-state index in [4.69, 9.17) is 21.7 Å². The maximum Gasteiger partial charge on any atom is 0.266 e. The van der Waals surface area contributed by atoms with Crippen molar-refractivity contribution in [1.82, 2.24) is 4.90 Å². The normalized spacial score (nSPS) is 17.2. The van der Waals surface area contributed by atoms with Gasteiger partial charge in [0.25, 0.3) is 5.91 Å². The van der Waals surface area contributed by atoms with E-state index in [1.165, 1.54) is 11.8 Å². The Morgan fingerprint density at radius 3 is 2.88 bits per heavy atom. The van der Waals surface area contributed by atoms with Crippen LogP contribution in [0.15, 0.2) is 52.5 Å². The number of benzene rings is 2. The van der Waals surface area contributed by atoms with E-state index in [0.29, 0.717) is 33.0 Å². The standard InChI is InChI=1S/C18H12N2O4S2/c21-17-16(8-11-2-1-3-13(6-11)19-22)26-18(25)20(17)9-12-4-5-14-15(7-12)24-10-23-14/h1-8H,9-10H2/b16-8-. The van der Waals surface area contributed by atoms with E-state index in [1.807, 2.05) is 18.2 Å². The third-order valence-corrected chi connectivity index (χ3v) is 5.30. The van der Waals surface area contributed by atoms with Crippen molar-refractivity contribution < 1.29 is 14.3 Å². The van der Waals surface area contributed by atoms with Gasteiger partial charge in [-0.05, 0) is 46.6 Å². The van der Waals surface area contributed by atoms with Gasteiger partial charge in [-0.25, -0.2) is 0 Å². The number of carbonyl (C=O) groups is 1. The Labute approximate surface area is 158 Å². The SMILES string of the molecule is O=Nc1cccc(/C=C2\SC(=S)N(Cc3ccc4c(c3)OCO4)C2=O)c1. The van der Waals surface area contributed by atoms with Gasteiger partial charge in [-0.2, -0.15) is 0 Å². The summed E-state index contributed by atoms with van der Waals surface area (Å²) < 4.78 is 11.2. The summed E-state index contributed by atoms with van der Waals surface area (Å²) in [5, 5.41) is 2.91. The van der Waals surface area contributed by atoms with Crippen molar-refractivity contribution in [3.05, 3.63) is 63.4 Å². The van der Waals surface area contributed by atoms with Crippen LogP contribution in [-0.2, 0) is 11.3 Å². The molecule has 0 bridgehead atoms. The van der Waals surface area contributed by atoms with Crippen molar-refractivity contribution in [3.63, 3.8) is 0 Å². The summed E-state index contributed by atoms with van der Waals surface area (Å²) in [5.41, 5.74) is 1.94. The number of ether oxygens (including phenoxy) is 2. The van der Waals surface area contributed by atoms with Crippen LogP contribution in [-0.4, -0.2) is 21.9 Å². The van der Waals surface area contributed by atoms with Crippen molar-refractivity contribution in [3.8, 4) is 11.5 Å². The summed E-state index contributed by atoms with van der Waals surface area (Å²) >= 11 is 6.60. The van der Waals surface area contributed by atoms with E-state index in [1.54, 1.807) is 35.2 Å². The molecule has 2 heterocycles. The molecule has 0 aliphatic carbocycles. The fraction of sp³-hybridized carbons (Fsp3) is 0.111. The van der Waals surface area contributed by atoms with E-state index in [0.717, 1.165) is 11.1 Å². The van der Waals surface area contributed by atoms with Gasteiger partial charge in [-0.1, -0.05) is 42.2 Å². The minimum absolute atomic E-state index is 0.165. The third kappa shape index (κ3) is 3.21. The van der Waals surface area contributed by atoms with Gasteiger partial charge in [-0.3, -0.25) is 9.69 Å². The first-order valence-electron chi connectivity index (χ1n) is 7.71. The predicted molar refractivity (Wildman–Crippen MR) is 103 cm³/mol. The molecule has 0 saturated carbocycles. The average Bonchev–Trinajstić information content (AvgIpc) is 3.22. The maximum atomic E-state index is 12.7. The first kappa shape index (κ1) is 16.7. The average molecular weight is 384 g/mol. The van der Waals surface area contributed by atoms with Crippen molar-refractivity contribution in [1.29, 1.82) is 0 Å². The number of rotatable bonds is 4. The zero-order valence-corrected chi connectivity index (χ0v) is 15.0. The first-order valence-corrected chi connectivity index (χ1v) is 8.94. The molecule has 2 aromatic carbocycles. The number of hydrogen-bond donors (Lipinski definition) is 0. The molecule has 0 spiro atoms. The van der Waals surface area contributed by atoms with Crippen LogP contribution in [0.2, 0.25) is 0 Å². The molecule has 26 heavy (non-hydrogen) atoms. The van der Waals surface area contributed by atoms with Crippen LogP contribution in [0.5, 0.6) is 11.5 Å². The topological polar surface area (TPSA) is 68.2 Å². The van der Waals surface area contributed by atoms with Gasteiger partial charge >= 0.3 is 0 Å². The number of nitroso groups, excluding NO2 is 1. The number of hydrogen-bond acceptors (Lipinski definition) is 7. The molecule has 8 heteroatoms. The highest BCUT2D eigenvalue weighted by Gasteiger charge is 2.32. The predicted octanol–water partition coefficient (Wildman–Crippen LogP) is 4.21. The Hall–Kier alpha value is -2.71. The van der Waals surface area contributed by atoms with E-state index < -0.39 is 0 Å². The highest BCUT2D eigenvalue weighted by Crippen LogP contribution is 2.36. The van der Waals surface area contributed by atoms with Gasteiger partial charge in [-0.15, -0.1) is 4.91 Å². The minimum atomic E-state index is -0.165. The summed E-state index contributed by atoms with van der Waals surface area (Å²) in [5.74, 6) is 1.20. The Bertz CT molecular complexity index is 958. The summed E-state index contributed by atoms with van der Waals surface area (Å²) in [6, 6.07) is 12.3. The zero-order valence-electron chi connectivity index (χ0n) is 13.4. The van der Waals surface area contributed by atoms with Crippen LogP contribution >= 0.6 is 24.0 Å². The molecule has 4 rings (SSSR count). The number of amides is 1. The zero-order chi connectivity index (χ0) is 18.1. The molecule has 6 nitrogen and oxygen atoms in total. The second-order valence-electron chi connectivity index (χ2n) is 5.64. The molecule has 0 unspecified atom stereocenters. The molecule has 2 aliphatic rings. The largest absolute Gasteiger partial charge is 0.454 e. The van der Waals surface area contributed by atoms with E-state index in [-0.39, 0.29) is 12.7 Å². The molecule has 1 saturated heterocycles. The number of carbonyl (C=O) groups excluding carboxylic acids is 1. The van der Waals surface area contributed by atoms with Gasteiger partial charge in [0.05, 0.1) is 11.4 Å². The number of thioether (sulfide) groups is 1. The monoisotopic (exact) mass is 384 g/mol. The van der Waals surface area contributed by atoms with Crippen LogP contribution in [0.3, 0.4) is 0 Å². The number of thiocarbonyl (C=S) groups is 1. The quantitative estimate of drug-likeness (QED) is 0.447. The van der Waals surface area contributed by atoms with Crippen molar-refractivity contribution in [2.24, 2.45) is 5.18 Å². The maximum absolute atomic E-state index is 12.7. The summed E-state index contributed by atoms with van der Waals surface area (Å²) in [6.45, 7) is 0.561. The summed E-state index contributed by atoms with van der Waals surface area (Å²) in [7, 11) is 0. The van der Waals surface area contributed by atoms with Crippen LogP contribution in [0.1, 0.15) is 11.1 Å². The van der Waals surface area contributed by atoms with Crippen LogP contribution < -0.4 is 9.47 Å². The Balaban J connectivity index is 1.55. The molecule has 1 fully saturated rings. The molecular weight excluding hydrogens is 372 g/mol. The fourth-order valence-electron chi connectivity index (χ4n) is 2.68. The lowest BCUT2D eigenvalue weighted by Crippen LogP contribution is -2.27. The Morgan fingerprint density at radius 1 is 1.19 bits per heavy atom. The van der Waals surface area contributed by atoms with Crippen molar-refractivity contribution in [2.75, 3.05) is 6.79 Å². The highest BCUT2D eigenvalue weighted by atomic mass is 32.2. The van der Waals surface area contributed by atoms with Gasteiger partial charge in [0.2, 0.25) is 6.79 Å². The second-order valence-corrected chi connectivity index (χ2v) is 7.32. The highest BCUT2D eigenvalue weighted by molar-refractivity contribution is 8.26. The van der Waals surface area contributed by atoms with Gasteiger partial charge in [0.1, 0.15) is 10.0 Å². The van der Waals surface area contributed by atoms with Gasteiger partial charge in [0, 0.05) is 0 Å². The summed E-state index contributed by atoms with van der Waals surface area (Å²) in [6.07, 6.45) is 1.72. The molecule has 130 valence electrons. The van der Waals surface area contributed by atoms with E-state index in [9.17, 15) is 9.70 Å². The third-order valence-electron chi connectivity index (χ3n) is 3.92. The molecule has 0 N–H and O–H groups in total. The van der Waals surface area contributed by atoms with Gasteiger partial charge in [0.15, 0.2) is 11.5 Å². The molecule has 2 aromatic rings. The van der Waals surface area contributed by atoms with E-state index >= 15 is 0 Å². The van der Waals surface area contributed by atoms with Gasteiger partial charge < -0.3 is 9.47 Å². The number of nitrogens with zero attached hydrogens (tertiary/aromatic N) is 2. The summed E-state index contributed by atoms with van der Waals surface area (Å²) in [4.78, 5) is 25.4. The molecular formula is C18H12N2O4S2. The van der Waals surface area contributed by atoms with E-state index in [2.05, 4.69) is 5.18 Å². The molecule has 2 aliphatic heterocycles. The van der Waals surface area contributed by atoms with Crippen LogP contribution in [0.4, 0.5) is 5.69 Å². The van der Waals surface area contributed by atoms with Crippen molar-refractivity contribution >= 4 is 46.0 Å². The van der Waals surface area contributed by atoms with Crippen molar-refractivity contribution in [2.45, 2.75) is 6.54 Å². The van der Waals surface area contributed by atoms with Crippen LogP contribution in [0.25, 0.3) is 6.08 Å². The lowest BCUT2D eigenvalue weighted by atomic mass is 10.1. The first-order chi connectivity index (χ1) is 12.6. The Kier molecular flexibility index (Phi) is 4.44.